The normalized spacial score (nSPS) is 31.3. The molecular weight excluding hydrogens is 160 g/mol. The number of esters is 1. The summed E-state index contributed by atoms with van der Waals surface area (Å²) < 4.78 is 4.81. The number of allylic oxidation sites excluding steroid dienone is 1. The number of hydrogen-bond donors (Lipinski definition) is 1. The fourth-order valence-corrected chi connectivity index (χ4v) is 1.69. The highest BCUT2D eigenvalue weighted by atomic mass is 32.1. The number of carbonyl (C=O) groups is 1. The molecule has 1 rings (SSSR count). The SMILES string of the molecule is C=C(C)C1CCOC(=O)C1S. The summed E-state index contributed by atoms with van der Waals surface area (Å²) in [6.45, 7) is 6.24. The van der Waals surface area contributed by atoms with E-state index in [4.69, 9.17) is 4.74 Å². The maximum absolute atomic E-state index is 11.0. The Balaban J connectivity index is 2.65. The van der Waals surface area contributed by atoms with Crippen molar-refractivity contribution in [1.82, 2.24) is 0 Å². The zero-order valence-corrected chi connectivity index (χ0v) is 7.43. The fraction of sp³-hybridized carbons (Fsp3) is 0.625. The standard InChI is InChI=1S/C8H12O2S/c1-5(2)6-3-4-10-8(9)7(6)11/h6-7,11H,1,3-4H2,2H3. The highest BCUT2D eigenvalue weighted by molar-refractivity contribution is 7.81. The summed E-state index contributed by atoms with van der Waals surface area (Å²) in [7, 11) is 0. The van der Waals surface area contributed by atoms with Gasteiger partial charge in [0.2, 0.25) is 0 Å². The van der Waals surface area contributed by atoms with Crippen molar-refractivity contribution >= 4 is 18.6 Å². The predicted octanol–water partition coefficient (Wildman–Crippen LogP) is 1.42. The summed E-state index contributed by atoms with van der Waals surface area (Å²) in [6.07, 6.45) is 0.856. The maximum atomic E-state index is 11.0. The van der Waals surface area contributed by atoms with Crippen LogP contribution in [-0.2, 0) is 9.53 Å². The molecule has 1 aliphatic heterocycles. The first-order valence-corrected chi connectivity index (χ1v) is 4.14. The second-order valence-electron chi connectivity index (χ2n) is 2.85. The van der Waals surface area contributed by atoms with Gasteiger partial charge in [0.25, 0.3) is 0 Å². The summed E-state index contributed by atoms with van der Waals surface area (Å²) in [5.41, 5.74) is 1.02. The average Bonchev–Trinajstić information content (AvgIpc) is 1.94. The molecule has 0 aromatic heterocycles. The van der Waals surface area contributed by atoms with Crippen LogP contribution in [-0.4, -0.2) is 17.8 Å². The lowest BCUT2D eigenvalue weighted by atomic mass is 9.93. The van der Waals surface area contributed by atoms with Crippen LogP contribution in [0.5, 0.6) is 0 Å². The first kappa shape index (κ1) is 8.65. The van der Waals surface area contributed by atoms with Gasteiger partial charge < -0.3 is 4.74 Å². The van der Waals surface area contributed by atoms with E-state index in [1.54, 1.807) is 0 Å². The Labute approximate surface area is 72.0 Å². The fourth-order valence-electron chi connectivity index (χ4n) is 1.21. The lowest BCUT2D eigenvalue weighted by molar-refractivity contribution is -0.147. The Morgan fingerprint density at radius 1 is 1.82 bits per heavy atom. The van der Waals surface area contributed by atoms with Gasteiger partial charge in [0.15, 0.2) is 0 Å². The zero-order chi connectivity index (χ0) is 8.43. The molecule has 3 heteroatoms. The molecule has 2 nitrogen and oxygen atoms in total. The molecule has 62 valence electrons. The van der Waals surface area contributed by atoms with Crippen LogP contribution < -0.4 is 0 Å². The Morgan fingerprint density at radius 2 is 2.45 bits per heavy atom. The molecule has 0 aromatic carbocycles. The quantitative estimate of drug-likeness (QED) is 0.368. The second kappa shape index (κ2) is 3.30. The van der Waals surface area contributed by atoms with Crippen LogP contribution in [0.4, 0.5) is 0 Å². The van der Waals surface area contributed by atoms with Gasteiger partial charge in [-0.15, -0.1) is 0 Å². The molecule has 0 amide bonds. The van der Waals surface area contributed by atoms with Crippen molar-refractivity contribution < 1.29 is 9.53 Å². The van der Waals surface area contributed by atoms with Gasteiger partial charge >= 0.3 is 5.97 Å². The van der Waals surface area contributed by atoms with Crippen molar-refractivity contribution in [2.75, 3.05) is 6.61 Å². The predicted molar refractivity (Wildman–Crippen MR) is 46.7 cm³/mol. The Morgan fingerprint density at radius 3 is 2.91 bits per heavy atom. The van der Waals surface area contributed by atoms with E-state index >= 15 is 0 Å². The molecule has 0 aromatic rings. The van der Waals surface area contributed by atoms with Gasteiger partial charge in [0.05, 0.1) is 6.61 Å². The summed E-state index contributed by atoms with van der Waals surface area (Å²) >= 11 is 4.16. The summed E-state index contributed by atoms with van der Waals surface area (Å²) in [5.74, 6) is -0.0211. The average molecular weight is 172 g/mol. The molecule has 11 heavy (non-hydrogen) atoms. The van der Waals surface area contributed by atoms with E-state index in [0.29, 0.717) is 6.61 Å². The van der Waals surface area contributed by atoms with Gasteiger partial charge in [-0.1, -0.05) is 12.2 Å². The molecule has 0 spiro atoms. The summed E-state index contributed by atoms with van der Waals surface area (Å²) in [4.78, 5) is 11.0. The zero-order valence-electron chi connectivity index (χ0n) is 6.54. The van der Waals surface area contributed by atoms with Crippen LogP contribution in [0.1, 0.15) is 13.3 Å². The minimum absolute atomic E-state index is 0.194. The molecule has 2 atom stereocenters. The molecule has 0 N–H and O–H groups in total. The van der Waals surface area contributed by atoms with E-state index in [9.17, 15) is 4.79 Å². The van der Waals surface area contributed by atoms with E-state index in [1.165, 1.54) is 0 Å². The molecule has 1 saturated heterocycles. The Bertz CT molecular complexity index is 189. The van der Waals surface area contributed by atoms with E-state index in [-0.39, 0.29) is 17.1 Å². The van der Waals surface area contributed by atoms with Crippen molar-refractivity contribution in [3.63, 3.8) is 0 Å². The van der Waals surface area contributed by atoms with Crippen molar-refractivity contribution in [2.24, 2.45) is 5.92 Å². The molecule has 0 aliphatic carbocycles. The summed E-state index contributed by atoms with van der Waals surface area (Å²) in [6, 6.07) is 0. The van der Waals surface area contributed by atoms with Crippen LogP contribution in [0.25, 0.3) is 0 Å². The van der Waals surface area contributed by atoms with E-state index in [2.05, 4.69) is 19.2 Å². The minimum atomic E-state index is -0.304. The van der Waals surface area contributed by atoms with Crippen molar-refractivity contribution in [2.45, 2.75) is 18.6 Å². The number of rotatable bonds is 1. The highest BCUT2D eigenvalue weighted by Crippen LogP contribution is 2.26. The highest BCUT2D eigenvalue weighted by Gasteiger charge is 2.30. The largest absolute Gasteiger partial charge is 0.465 e. The number of cyclic esters (lactones) is 1. The molecule has 1 aliphatic rings. The first-order chi connectivity index (χ1) is 5.13. The van der Waals surface area contributed by atoms with Gasteiger partial charge in [0, 0.05) is 5.92 Å². The van der Waals surface area contributed by atoms with Crippen molar-refractivity contribution in [3.05, 3.63) is 12.2 Å². The van der Waals surface area contributed by atoms with Gasteiger partial charge in [-0.25, -0.2) is 0 Å². The molecular formula is C8H12O2S. The molecule has 2 unspecified atom stereocenters. The monoisotopic (exact) mass is 172 g/mol. The van der Waals surface area contributed by atoms with E-state index in [0.717, 1.165) is 12.0 Å². The number of thiol groups is 1. The van der Waals surface area contributed by atoms with Crippen LogP contribution in [0.2, 0.25) is 0 Å². The van der Waals surface area contributed by atoms with Gasteiger partial charge in [0.1, 0.15) is 5.25 Å². The van der Waals surface area contributed by atoms with Crippen LogP contribution in [0.15, 0.2) is 12.2 Å². The van der Waals surface area contributed by atoms with Crippen molar-refractivity contribution in [1.29, 1.82) is 0 Å². The van der Waals surface area contributed by atoms with Gasteiger partial charge in [-0.3, -0.25) is 4.79 Å². The Hall–Kier alpha value is -0.440. The van der Waals surface area contributed by atoms with Crippen LogP contribution in [0.3, 0.4) is 0 Å². The molecule has 1 fully saturated rings. The van der Waals surface area contributed by atoms with E-state index in [1.807, 2.05) is 6.92 Å². The van der Waals surface area contributed by atoms with Gasteiger partial charge in [-0.2, -0.15) is 12.6 Å². The molecule has 0 radical (unpaired) electrons. The molecule has 1 heterocycles. The third-order valence-electron chi connectivity index (χ3n) is 1.93. The molecule has 0 bridgehead atoms. The molecule has 0 saturated carbocycles. The lowest BCUT2D eigenvalue weighted by Gasteiger charge is -2.26. The number of carbonyl (C=O) groups excluding carboxylic acids is 1. The first-order valence-electron chi connectivity index (χ1n) is 3.63. The third-order valence-corrected chi connectivity index (χ3v) is 2.50. The van der Waals surface area contributed by atoms with Gasteiger partial charge in [-0.05, 0) is 13.3 Å². The minimum Gasteiger partial charge on any atom is -0.465 e. The third kappa shape index (κ3) is 1.77. The Kier molecular flexibility index (Phi) is 2.60. The topological polar surface area (TPSA) is 26.3 Å². The number of hydrogen-bond acceptors (Lipinski definition) is 3. The smallest absolute Gasteiger partial charge is 0.319 e. The summed E-state index contributed by atoms with van der Waals surface area (Å²) in [5, 5.41) is -0.304. The van der Waals surface area contributed by atoms with E-state index < -0.39 is 0 Å². The van der Waals surface area contributed by atoms with Crippen LogP contribution >= 0.6 is 12.6 Å². The lowest BCUT2D eigenvalue weighted by Crippen LogP contribution is -2.33. The second-order valence-corrected chi connectivity index (χ2v) is 3.41. The number of ether oxygens (including phenoxy) is 1. The maximum Gasteiger partial charge on any atom is 0.319 e. The van der Waals surface area contributed by atoms with Crippen molar-refractivity contribution in [3.8, 4) is 0 Å². The van der Waals surface area contributed by atoms with Crippen LogP contribution in [0, 0.1) is 5.92 Å².